The maximum atomic E-state index is 11.3. The van der Waals surface area contributed by atoms with Gasteiger partial charge in [0.2, 0.25) is 6.41 Å². The van der Waals surface area contributed by atoms with Crippen LogP contribution in [0.5, 0.6) is 0 Å². The zero-order valence-electron chi connectivity index (χ0n) is 14.5. The maximum Gasteiger partial charge on any atom is 0.409 e. The van der Waals surface area contributed by atoms with Gasteiger partial charge < -0.3 is 25.3 Å². The first kappa shape index (κ1) is 18.5. The number of piperidine rings is 1. The van der Waals surface area contributed by atoms with Crippen molar-refractivity contribution in [2.75, 3.05) is 32.6 Å². The third-order valence-electron chi connectivity index (χ3n) is 3.99. The summed E-state index contributed by atoms with van der Waals surface area (Å²) in [4.78, 5) is 34.5. The van der Waals surface area contributed by atoms with E-state index < -0.39 is 0 Å². The van der Waals surface area contributed by atoms with Gasteiger partial charge in [0.25, 0.3) is 0 Å². The van der Waals surface area contributed by atoms with Crippen molar-refractivity contribution in [1.82, 2.24) is 25.2 Å². The number of methoxy groups -OCH3 is 1. The predicted octanol–water partition coefficient (Wildman–Crippen LogP) is 1.35. The van der Waals surface area contributed by atoms with Crippen LogP contribution in [0.15, 0.2) is 18.5 Å². The third kappa shape index (κ3) is 5.07. The average Bonchev–Trinajstić information content (AvgIpc) is 3.14. The number of rotatable bonds is 4. The van der Waals surface area contributed by atoms with Gasteiger partial charge in [-0.2, -0.15) is 0 Å². The van der Waals surface area contributed by atoms with Crippen LogP contribution in [0.4, 0.5) is 10.6 Å². The Morgan fingerprint density at radius 2 is 2.36 bits per heavy atom. The summed E-state index contributed by atoms with van der Waals surface area (Å²) in [5, 5.41) is 5.52. The molecular weight excluding hydrogens is 324 g/mol. The Morgan fingerprint density at radius 3 is 3.08 bits per heavy atom. The Labute approximate surface area is 146 Å². The predicted molar refractivity (Wildman–Crippen MR) is 94.3 cm³/mol. The smallest absolute Gasteiger partial charge is 0.409 e. The summed E-state index contributed by atoms with van der Waals surface area (Å²) >= 11 is 0. The van der Waals surface area contributed by atoms with Gasteiger partial charge >= 0.3 is 6.09 Å². The topological polar surface area (TPSA) is 112 Å². The number of aromatic amines is 1. The highest BCUT2D eigenvalue weighted by atomic mass is 16.5. The lowest BCUT2D eigenvalue weighted by Crippen LogP contribution is -2.48. The number of H-pyrrole nitrogens is 1. The van der Waals surface area contributed by atoms with Gasteiger partial charge in [-0.1, -0.05) is 0 Å². The molecule has 0 aliphatic carbocycles. The number of hydrogen-bond acceptors (Lipinski definition) is 6. The zero-order chi connectivity index (χ0) is 18.1. The van der Waals surface area contributed by atoms with Crippen molar-refractivity contribution in [3.8, 4) is 0 Å². The first-order valence-corrected chi connectivity index (χ1v) is 8.19. The quantitative estimate of drug-likeness (QED) is 0.719. The van der Waals surface area contributed by atoms with Gasteiger partial charge in [-0.15, -0.1) is 0 Å². The minimum atomic E-state index is -0.303. The van der Waals surface area contributed by atoms with Gasteiger partial charge in [-0.25, -0.2) is 14.8 Å². The molecule has 1 atom stereocenters. The summed E-state index contributed by atoms with van der Waals surface area (Å²) in [6, 6.07) is 1.98. The van der Waals surface area contributed by atoms with Crippen LogP contribution >= 0.6 is 0 Å². The fourth-order valence-corrected chi connectivity index (χ4v) is 2.71. The molecule has 1 unspecified atom stereocenters. The Hall–Kier alpha value is -2.84. The second-order valence-corrected chi connectivity index (χ2v) is 5.56. The SMILES string of the molecule is CNc1cnc2[nH]ccc2n1.COC(=O)N1CCCCC1CNC=O. The first-order valence-electron chi connectivity index (χ1n) is 8.19. The van der Waals surface area contributed by atoms with Crippen LogP contribution in [0.2, 0.25) is 0 Å². The minimum Gasteiger partial charge on any atom is -0.453 e. The number of anilines is 1. The van der Waals surface area contributed by atoms with Crippen molar-refractivity contribution in [3.05, 3.63) is 18.5 Å². The summed E-state index contributed by atoms with van der Waals surface area (Å²) in [5.74, 6) is 0.789. The molecule has 1 aliphatic rings. The van der Waals surface area contributed by atoms with Gasteiger partial charge in [0.1, 0.15) is 11.3 Å². The molecule has 0 bridgehead atoms. The van der Waals surface area contributed by atoms with Crippen LogP contribution in [0.25, 0.3) is 11.2 Å². The molecule has 2 amide bonds. The molecule has 2 aromatic heterocycles. The number of aromatic nitrogens is 3. The third-order valence-corrected chi connectivity index (χ3v) is 3.99. The van der Waals surface area contributed by atoms with E-state index in [0.29, 0.717) is 13.0 Å². The molecule has 1 aliphatic heterocycles. The van der Waals surface area contributed by atoms with Crippen LogP contribution in [-0.4, -0.2) is 65.6 Å². The molecule has 9 nitrogen and oxygen atoms in total. The Morgan fingerprint density at radius 1 is 1.52 bits per heavy atom. The normalized spacial score (nSPS) is 16.6. The monoisotopic (exact) mass is 348 g/mol. The number of hydrogen-bond donors (Lipinski definition) is 3. The molecule has 3 N–H and O–H groups in total. The molecule has 0 aromatic carbocycles. The number of fused-ring (bicyclic) bond motifs is 1. The van der Waals surface area contributed by atoms with Crippen LogP contribution in [0.3, 0.4) is 0 Å². The van der Waals surface area contributed by atoms with E-state index in [4.69, 9.17) is 0 Å². The number of likely N-dealkylation sites (tertiary alicyclic amines) is 1. The highest BCUT2D eigenvalue weighted by molar-refractivity contribution is 5.71. The zero-order valence-corrected chi connectivity index (χ0v) is 14.5. The van der Waals surface area contributed by atoms with Gasteiger partial charge in [-0.3, -0.25) is 4.79 Å². The Bertz CT molecular complexity index is 689. The number of carbonyl (C=O) groups is 2. The maximum absolute atomic E-state index is 11.3. The van der Waals surface area contributed by atoms with Gasteiger partial charge in [-0.05, 0) is 25.3 Å². The molecule has 25 heavy (non-hydrogen) atoms. The van der Waals surface area contributed by atoms with Crippen LogP contribution in [-0.2, 0) is 9.53 Å². The van der Waals surface area contributed by atoms with Crippen molar-refractivity contribution in [2.24, 2.45) is 0 Å². The number of nitrogens with zero attached hydrogens (tertiary/aromatic N) is 3. The number of nitrogens with one attached hydrogen (secondary N) is 3. The van der Waals surface area contributed by atoms with Crippen LogP contribution in [0.1, 0.15) is 19.3 Å². The summed E-state index contributed by atoms with van der Waals surface area (Å²) in [5.41, 5.74) is 1.71. The lowest BCUT2D eigenvalue weighted by atomic mass is 10.0. The average molecular weight is 348 g/mol. The van der Waals surface area contributed by atoms with E-state index in [0.717, 1.165) is 42.8 Å². The van der Waals surface area contributed by atoms with Crippen molar-refractivity contribution in [2.45, 2.75) is 25.3 Å². The number of amides is 2. The van der Waals surface area contributed by atoms with Gasteiger partial charge in [0.15, 0.2) is 5.65 Å². The lowest BCUT2D eigenvalue weighted by molar-refractivity contribution is -0.109. The summed E-state index contributed by atoms with van der Waals surface area (Å²) < 4.78 is 4.67. The van der Waals surface area contributed by atoms with Gasteiger partial charge in [0.05, 0.1) is 19.3 Å². The lowest BCUT2D eigenvalue weighted by Gasteiger charge is -2.34. The van der Waals surface area contributed by atoms with Crippen molar-refractivity contribution in [3.63, 3.8) is 0 Å². The molecule has 1 fully saturated rings. The highest BCUT2D eigenvalue weighted by Crippen LogP contribution is 2.17. The summed E-state index contributed by atoms with van der Waals surface area (Å²) in [7, 11) is 3.20. The van der Waals surface area contributed by atoms with E-state index in [9.17, 15) is 9.59 Å². The molecule has 1 saturated heterocycles. The largest absolute Gasteiger partial charge is 0.453 e. The van der Waals surface area contributed by atoms with E-state index in [1.54, 1.807) is 11.1 Å². The Kier molecular flexibility index (Phi) is 7.00. The van der Waals surface area contributed by atoms with E-state index in [1.807, 2.05) is 19.3 Å². The van der Waals surface area contributed by atoms with E-state index in [1.165, 1.54) is 7.11 Å². The second-order valence-electron chi connectivity index (χ2n) is 5.56. The fraction of sp³-hybridized carbons (Fsp3) is 0.500. The van der Waals surface area contributed by atoms with Gasteiger partial charge in [0, 0.05) is 26.3 Å². The minimum absolute atomic E-state index is 0.0846. The number of ether oxygens (including phenoxy) is 1. The molecular formula is C16H24N6O3. The van der Waals surface area contributed by atoms with Crippen molar-refractivity contribution >= 4 is 29.5 Å². The van der Waals surface area contributed by atoms with E-state index in [2.05, 4.69) is 30.3 Å². The second kappa shape index (κ2) is 9.45. The molecule has 0 radical (unpaired) electrons. The van der Waals surface area contributed by atoms with Crippen LogP contribution in [0, 0.1) is 0 Å². The molecule has 3 heterocycles. The fourth-order valence-electron chi connectivity index (χ4n) is 2.71. The summed E-state index contributed by atoms with van der Waals surface area (Å²) in [6.45, 7) is 1.23. The molecule has 2 aromatic rings. The highest BCUT2D eigenvalue weighted by Gasteiger charge is 2.26. The van der Waals surface area contributed by atoms with Crippen molar-refractivity contribution in [1.29, 1.82) is 0 Å². The first-order chi connectivity index (χ1) is 12.2. The Balaban J connectivity index is 0.000000185. The summed E-state index contributed by atoms with van der Waals surface area (Å²) in [6.07, 6.45) is 6.90. The van der Waals surface area contributed by atoms with E-state index in [-0.39, 0.29) is 12.1 Å². The molecule has 136 valence electrons. The molecule has 3 rings (SSSR count). The van der Waals surface area contributed by atoms with E-state index >= 15 is 0 Å². The number of carbonyl (C=O) groups excluding carboxylic acids is 2. The standard InChI is InChI=1S/C9H16N2O3.C7H8N4/c1-14-9(13)11-5-3-2-4-8(11)6-10-7-12;1-8-6-4-10-7-5(11-6)2-3-9-7/h7-8H,2-6H2,1H3,(H,10,12);2-4H,1H3,(H,8,11)(H,9,10). The molecule has 0 saturated carbocycles. The molecule has 9 heteroatoms. The van der Waals surface area contributed by atoms with Crippen molar-refractivity contribution < 1.29 is 14.3 Å². The molecule has 0 spiro atoms. The van der Waals surface area contributed by atoms with Crippen LogP contribution < -0.4 is 10.6 Å².